The number of hydrogen-bond donors (Lipinski definition) is 0. The summed E-state index contributed by atoms with van der Waals surface area (Å²) >= 11 is 1.57. The van der Waals surface area contributed by atoms with E-state index in [1.165, 1.54) is 0 Å². The Labute approximate surface area is 98.5 Å². The third-order valence-corrected chi connectivity index (χ3v) is 3.08. The molecule has 0 atom stereocenters. The van der Waals surface area contributed by atoms with Crippen LogP contribution in [0.2, 0.25) is 0 Å². The van der Waals surface area contributed by atoms with Gasteiger partial charge < -0.3 is 4.90 Å². The van der Waals surface area contributed by atoms with E-state index in [0.29, 0.717) is 5.56 Å². The van der Waals surface area contributed by atoms with E-state index in [0.717, 1.165) is 10.1 Å². The molecular formula is C13H11NOS. The highest BCUT2D eigenvalue weighted by Crippen LogP contribution is 2.25. The average molecular weight is 229 g/mol. The highest BCUT2D eigenvalue weighted by atomic mass is 32.1. The van der Waals surface area contributed by atoms with Crippen LogP contribution in [-0.4, -0.2) is 24.8 Å². The Bertz CT molecular complexity index is 586. The summed E-state index contributed by atoms with van der Waals surface area (Å²) in [5, 5.41) is 2.86. The number of rotatable bonds is 1. The van der Waals surface area contributed by atoms with Gasteiger partial charge in [-0.2, -0.15) is 0 Å². The Morgan fingerprint density at radius 2 is 2.06 bits per heavy atom. The number of carbonyl (C=O) groups excluding carboxylic acids is 1. The number of fused-ring (bicyclic) bond motifs is 1. The molecule has 1 aromatic heterocycles. The van der Waals surface area contributed by atoms with Crippen LogP contribution in [0.1, 0.15) is 10.4 Å². The van der Waals surface area contributed by atoms with Crippen molar-refractivity contribution in [3.8, 4) is 12.0 Å². The number of carbonyl (C=O) groups is 1. The predicted octanol–water partition coefficient (Wildman–Crippen LogP) is 2.61. The van der Waals surface area contributed by atoms with Crippen molar-refractivity contribution in [3.05, 3.63) is 35.2 Å². The standard InChI is InChI=1S/C13H11NOS/c1-14(2)8-7-12(15)11-9-16-13-6-4-3-5-10(11)13/h3-6,9H,1-2H3. The minimum atomic E-state index is -0.119. The van der Waals surface area contributed by atoms with Crippen molar-refractivity contribution >= 4 is 27.2 Å². The van der Waals surface area contributed by atoms with E-state index in [4.69, 9.17) is 0 Å². The van der Waals surface area contributed by atoms with Crippen molar-refractivity contribution < 1.29 is 4.79 Å². The molecular weight excluding hydrogens is 218 g/mol. The van der Waals surface area contributed by atoms with Gasteiger partial charge in [-0.25, -0.2) is 0 Å². The molecule has 16 heavy (non-hydrogen) atoms. The summed E-state index contributed by atoms with van der Waals surface area (Å²) in [7, 11) is 3.62. The van der Waals surface area contributed by atoms with Crippen molar-refractivity contribution in [1.82, 2.24) is 4.90 Å². The Balaban J connectivity index is 2.42. The molecule has 3 heteroatoms. The molecule has 0 radical (unpaired) electrons. The molecule has 0 N–H and O–H groups in total. The highest BCUT2D eigenvalue weighted by molar-refractivity contribution is 7.17. The molecule has 0 fully saturated rings. The fourth-order valence-electron chi connectivity index (χ4n) is 1.38. The van der Waals surface area contributed by atoms with Crippen molar-refractivity contribution in [2.75, 3.05) is 14.1 Å². The summed E-state index contributed by atoms with van der Waals surface area (Å²) in [4.78, 5) is 13.5. The van der Waals surface area contributed by atoms with Gasteiger partial charge in [-0.15, -0.1) is 11.3 Å². The van der Waals surface area contributed by atoms with Gasteiger partial charge in [-0.3, -0.25) is 4.79 Å². The van der Waals surface area contributed by atoms with Gasteiger partial charge in [0.15, 0.2) is 0 Å². The molecule has 0 saturated carbocycles. The molecule has 1 aromatic carbocycles. The lowest BCUT2D eigenvalue weighted by atomic mass is 10.1. The second-order valence-electron chi connectivity index (χ2n) is 3.61. The molecule has 0 amide bonds. The largest absolute Gasteiger partial charge is 0.338 e. The molecule has 0 aliphatic rings. The summed E-state index contributed by atoms with van der Waals surface area (Å²) < 4.78 is 1.12. The van der Waals surface area contributed by atoms with Gasteiger partial charge >= 0.3 is 0 Å². The van der Waals surface area contributed by atoms with E-state index in [9.17, 15) is 4.79 Å². The summed E-state index contributed by atoms with van der Waals surface area (Å²) in [6, 6.07) is 10.6. The SMILES string of the molecule is CN(C)C#CC(=O)c1csc2ccccc12. The number of nitrogens with zero attached hydrogens (tertiary/aromatic N) is 1. The topological polar surface area (TPSA) is 20.3 Å². The van der Waals surface area contributed by atoms with E-state index in [1.54, 1.807) is 16.2 Å². The zero-order valence-corrected chi connectivity index (χ0v) is 9.97. The molecule has 0 unspecified atom stereocenters. The van der Waals surface area contributed by atoms with Crippen LogP contribution in [0, 0.1) is 12.0 Å². The monoisotopic (exact) mass is 229 g/mol. The van der Waals surface area contributed by atoms with Crippen LogP contribution >= 0.6 is 11.3 Å². The molecule has 0 aliphatic heterocycles. The fraction of sp³-hybridized carbons (Fsp3) is 0.154. The minimum absolute atomic E-state index is 0.119. The Hall–Kier alpha value is -1.79. The van der Waals surface area contributed by atoms with Gasteiger partial charge in [0.2, 0.25) is 5.78 Å². The zero-order chi connectivity index (χ0) is 11.5. The second kappa shape index (κ2) is 4.38. The van der Waals surface area contributed by atoms with Gasteiger partial charge in [0.05, 0.1) is 0 Å². The number of hydrogen-bond acceptors (Lipinski definition) is 3. The smallest absolute Gasteiger partial charge is 0.239 e. The van der Waals surface area contributed by atoms with Crippen LogP contribution < -0.4 is 0 Å². The lowest BCUT2D eigenvalue weighted by Gasteiger charge is -1.97. The molecule has 2 nitrogen and oxygen atoms in total. The molecule has 2 aromatic rings. The minimum Gasteiger partial charge on any atom is -0.338 e. The Morgan fingerprint density at radius 3 is 2.81 bits per heavy atom. The van der Waals surface area contributed by atoms with E-state index in [-0.39, 0.29) is 5.78 Å². The Morgan fingerprint density at radius 1 is 1.31 bits per heavy atom. The van der Waals surface area contributed by atoms with Crippen molar-refractivity contribution in [2.24, 2.45) is 0 Å². The highest BCUT2D eigenvalue weighted by Gasteiger charge is 2.09. The van der Waals surface area contributed by atoms with Gasteiger partial charge in [0.25, 0.3) is 0 Å². The van der Waals surface area contributed by atoms with Crippen LogP contribution in [0.5, 0.6) is 0 Å². The van der Waals surface area contributed by atoms with Crippen molar-refractivity contribution in [1.29, 1.82) is 0 Å². The summed E-state index contributed by atoms with van der Waals surface area (Å²) in [6.07, 6.45) is 0. The first-order chi connectivity index (χ1) is 7.68. The van der Waals surface area contributed by atoms with E-state index in [1.807, 2.05) is 43.7 Å². The van der Waals surface area contributed by atoms with Crippen LogP contribution in [0.4, 0.5) is 0 Å². The van der Waals surface area contributed by atoms with E-state index in [2.05, 4.69) is 12.0 Å². The lowest BCUT2D eigenvalue weighted by Crippen LogP contribution is -2.03. The molecule has 0 bridgehead atoms. The third-order valence-electron chi connectivity index (χ3n) is 2.12. The molecule has 0 saturated heterocycles. The number of benzene rings is 1. The first-order valence-corrected chi connectivity index (χ1v) is 5.76. The van der Waals surface area contributed by atoms with Crippen molar-refractivity contribution in [3.63, 3.8) is 0 Å². The van der Waals surface area contributed by atoms with Gasteiger partial charge in [-0.1, -0.05) is 18.2 Å². The normalized spacial score (nSPS) is 9.62. The first kappa shape index (κ1) is 10.7. The Kier molecular flexibility index (Phi) is 2.93. The average Bonchev–Trinajstić information content (AvgIpc) is 2.69. The van der Waals surface area contributed by atoms with Crippen molar-refractivity contribution in [2.45, 2.75) is 0 Å². The third kappa shape index (κ3) is 2.07. The van der Waals surface area contributed by atoms with Crippen LogP contribution in [0.15, 0.2) is 29.6 Å². The first-order valence-electron chi connectivity index (χ1n) is 4.88. The molecule has 0 spiro atoms. The zero-order valence-electron chi connectivity index (χ0n) is 9.15. The fourth-order valence-corrected chi connectivity index (χ4v) is 2.32. The summed E-state index contributed by atoms with van der Waals surface area (Å²) in [5.74, 6) is 2.50. The van der Waals surface area contributed by atoms with Crippen LogP contribution in [-0.2, 0) is 0 Å². The van der Waals surface area contributed by atoms with E-state index >= 15 is 0 Å². The molecule has 80 valence electrons. The van der Waals surface area contributed by atoms with Gasteiger partial charge in [0, 0.05) is 41.2 Å². The summed E-state index contributed by atoms with van der Waals surface area (Å²) in [5.41, 5.74) is 0.704. The maximum absolute atomic E-state index is 11.8. The number of thiophene rings is 1. The quantitative estimate of drug-likeness (QED) is 0.425. The van der Waals surface area contributed by atoms with Gasteiger partial charge in [-0.05, 0) is 12.0 Å². The second-order valence-corrected chi connectivity index (χ2v) is 4.52. The number of Topliss-reactive ketones (excluding diaryl/α,β-unsaturated/α-hetero) is 1. The van der Waals surface area contributed by atoms with Gasteiger partial charge in [0.1, 0.15) is 0 Å². The maximum Gasteiger partial charge on any atom is 0.239 e. The van der Waals surface area contributed by atoms with E-state index < -0.39 is 0 Å². The number of ketones is 1. The predicted molar refractivity (Wildman–Crippen MR) is 67.6 cm³/mol. The molecule has 0 aliphatic carbocycles. The maximum atomic E-state index is 11.8. The molecule has 1 heterocycles. The summed E-state index contributed by atoms with van der Waals surface area (Å²) in [6.45, 7) is 0. The van der Waals surface area contributed by atoms with Crippen LogP contribution in [0.3, 0.4) is 0 Å². The lowest BCUT2D eigenvalue weighted by molar-refractivity contribution is 0.105. The molecule has 2 rings (SSSR count). The van der Waals surface area contributed by atoms with Crippen LogP contribution in [0.25, 0.3) is 10.1 Å².